The van der Waals surface area contributed by atoms with E-state index in [0.717, 1.165) is 18.4 Å². The maximum Gasteiger partial charge on any atom is 0.273 e. The van der Waals surface area contributed by atoms with Crippen LogP contribution >= 0.6 is 11.6 Å². The molecule has 1 unspecified atom stereocenters. The summed E-state index contributed by atoms with van der Waals surface area (Å²) in [6.07, 6.45) is 3.27. The largest absolute Gasteiger partial charge is 0.364 e. The van der Waals surface area contributed by atoms with E-state index in [2.05, 4.69) is 24.3 Å². The Hall–Kier alpha value is -1.81. The fourth-order valence-corrected chi connectivity index (χ4v) is 2.21. The third kappa shape index (κ3) is 4.60. The predicted molar refractivity (Wildman–Crippen MR) is 82.2 cm³/mol. The highest BCUT2D eigenvalue weighted by molar-refractivity contribution is 6.30. The van der Waals surface area contributed by atoms with Gasteiger partial charge in [0.25, 0.3) is 5.91 Å². The standard InChI is InChI=1S/C16H19ClN2O2/c1-11(2)3-8-14(12-4-6-13(17)7-5-12)18-16(20)15-9-10-21-19-15/h4-7,9-11,14H,3,8H2,1-2H3,(H,18,20). The van der Waals surface area contributed by atoms with Gasteiger partial charge in [-0.05, 0) is 36.5 Å². The van der Waals surface area contributed by atoms with Crippen molar-refractivity contribution in [1.82, 2.24) is 10.5 Å². The minimum Gasteiger partial charge on any atom is -0.364 e. The van der Waals surface area contributed by atoms with Crippen LogP contribution in [0.15, 0.2) is 41.1 Å². The summed E-state index contributed by atoms with van der Waals surface area (Å²) in [5.74, 6) is 0.344. The van der Waals surface area contributed by atoms with Gasteiger partial charge in [0.2, 0.25) is 0 Å². The summed E-state index contributed by atoms with van der Waals surface area (Å²) in [4.78, 5) is 12.1. The predicted octanol–water partition coefficient (Wildman–Crippen LogP) is 4.24. The van der Waals surface area contributed by atoms with Crippen LogP contribution in [0.4, 0.5) is 0 Å². The first-order chi connectivity index (χ1) is 10.1. The zero-order chi connectivity index (χ0) is 15.2. The monoisotopic (exact) mass is 306 g/mol. The summed E-state index contributed by atoms with van der Waals surface area (Å²) < 4.78 is 4.71. The van der Waals surface area contributed by atoms with E-state index in [4.69, 9.17) is 16.1 Å². The van der Waals surface area contributed by atoms with E-state index in [0.29, 0.717) is 16.6 Å². The van der Waals surface area contributed by atoms with E-state index in [9.17, 15) is 4.79 Å². The minimum absolute atomic E-state index is 0.0612. The van der Waals surface area contributed by atoms with E-state index in [1.54, 1.807) is 6.07 Å². The second-order valence-corrected chi connectivity index (χ2v) is 5.87. The second kappa shape index (κ2) is 7.27. The maximum atomic E-state index is 12.1. The summed E-state index contributed by atoms with van der Waals surface area (Å²) in [5.41, 5.74) is 1.33. The van der Waals surface area contributed by atoms with Crippen LogP contribution < -0.4 is 5.32 Å². The van der Waals surface area contributed by atoms with Gasteiger partial charge in [-0.1, -0.05) is 42.7 Å². The molecule has 0 saturated carbocycles. The number of halogens is 1. The Balaban J connectivity index is 2.11. The van der Waals surface area contributed by atoms with Crippen LogP contribution in [-0.4, -0.2) is 11.1 Å². The number of carbonyl (C=O) groups excluding carboxylic acids is 1. The molecule has 2 rings (SSSR count). The first-order valence-electron chi connectivity index (χ1n) is 7.03. The maximum absolute atomic E-state index is 12.1. The van der Waals surface area contributed by atoms with Crippen LogP contribution in [0, 0.1) is 5.92 Å². The Kier molecular flexibility index (Phi) is 5.39. The van der Waals surface area contributed by atoms with Gasteiger partial charge in [-0.15, -0.1) is 0 Å². The average Bonchev–Trinajstić information content (AvgIpc) is 2.98. The van der Waals surface area contributed by atoms with E-state index in [-0.39, 0.29) is 11.9 Å². The van der Waals surface area contributed by atoms with Crippen molar-refractivity contribution in [2.45, 2.75) is 32.7 Å². The van der Waals surface area contributed by atoms with Crippen molar-refractivity contribution in [2.75, 3.05) is 0 Å². The molecular formula is C16H19ClN2O2. The molecule has 0 saturated heterocycles. The molecule has 0 bridgehead atoms. The molecule has 0 fully saturated rings. The lowest BCUT2D eigenvalue weighted by molar-refractivity contribution is 0.0924. The SMILES string of the molecule is CC(C)CCC(NC(=O)c1ccon1)c1ccc(Cl)cc1. The van der Waals surface area contributed by atoms with Crippen molar-refractivity contribution in [3.8, 4) is 0 Å². The number of nitrogens with zero attached hydrogens (tertiary/aromatic N) is 1. The molecule has 4 nitrogen and oxygen atoms in total. The molecule has 0 aliphatic carbocycles. The Morgan fingerprint density at radius 2 is 1.95 bits per heavy atom. The van der Waals surface area contributed by atoms with Crippen LogP contribution in [0.3, 0.4) is 0 Å². The molecule has 1 aromatic carbocycles. The van der Waals surface area contributed by atoms with Gasteiger partial charge in [0.1, 0.15) is 6.26 Å². The molecule has 2 aromatic rings. The van der Waals surface area contributed by atoms with Crippen molar-refractivity contribution in [1.29, 1.82) is 0 Å². The lowest BCUT2D eigenvalue weighted by Gasteiger charge is -2.19. The van der Waals surface area contributed by atoms with E-state index in [1.165, 1.54) is 6.26 Å². The fourth-order valence-electron chi connectivity index (χ4n) is 2.08. The minimum atomic E-state index is -0.229. The van der Waals surface area contributed by atoms with Gasteiger partial charge in [0.05, 0.1) is 6.04 Å². The molecule has 1 heterocycles. The Morgan fingerprint density at radius 1 is 1.24 bits per heavy atom. The Morgan fingerprint density at radius 3 is 2.52 bits per heavy atom. The Bertz CT molecular complexity index is 564. The number of carbonyl (C=O) groups is 1. The number of rotatable bonds is 6. The third-order valence-electron chi connectivity index (χ3n) is 3.28. The molecule has 0 aliphatic rings. The molecule has 5 heteroatoms. The zero-order valence-electron chi connectivity index (χ0n) is 12.2. The van der Waals surface area contributed by atoms with Crippen LogP contribution in [0.2, 0.25) is 5.02 Å². The average molecular weight is 307 g/mol. The molecule has 0 aliphatic heterocycles. The fraction of sp³-hybridized carbons (Fsp3) is 0.375. The van der Waals surface area contributed by atoms with Crippen LogP contribution in [0.1, 0.15) is 48.8 Å². The second-order valence-electron chi connectivity index (χ2n) is 5.43. The lowest BCUT2D eigenvalue weighted by Crippen LogP contribution is -2.29. The van der Waals surface area contributed by atoms with E-state index in [1.807, 2.05) is 24.3 Å². The number of nitrogens with one attached hydrogen (secondary N) is 1. The lowest BCUT2D eigenvalue weighted by atomic mass is 9.97. The van der Waals surface area contributed by atoms with Crippen LogP contribution in [0.5, 0.6) is 0 Å². The highest BCUT2D eigenvalue weighted by atomic mass is 35.5. The summed E-state index contributed by atoms with van der Waals surface area (Å²) in [7, 11) is 0. The number of aromatic nitrogens is 1. The smallest absolute Gasteiger partial charge is 0.273 e. The van der Waals surface area contributed by atoms with Crippen LogP contribution in [-0.2, 0) is 0 Å². The molecule has 1 amide bonds. The Labute approximate surface area is 129 Å². The van der Waals surface area contributed by atoms with Crippen LogP contribution in [0.25, 0.3) is 0 Å². The summed E-state index contributed by atoms with van der Waals surface area (Å²) in [6, 6.07) is 9.04. The molecule has 1 atom stereocenters. The third-order valence-corrected chi connectivity index (χ3v) is 3.53. The normalized spacial score (nSPS) is 12.4. The number of benzene rings is 1. The number of hydrogen-bond donors (Lipinski definition) is 1. The zero-order valence-corrected chi connectivity index (χ0v) is 12.9. The number of amides is 1. The molecule has 1 N–H and O–H groups in total. The van der Waals surface area contributed by atoms with Crippen molar-refractivity contribution >= 4 is 17.5 Å². The van der Waals surface area contributed by atoms with E-state index < -0.39 is 0 Å². The molecule has 0 radical (unpaired) electrons. The van der Waals surface area contributed by atoms with Gasteiger partial charge in [0.15, 0.2) is 5.69 Å². The van der Waals surface area contributed by atoms with Gasteiger partial charge in [-0.2, -0.15) is 0 Å². The summed E-state index contributed by atoms with van der Waals surface area (Å²) in [6.45, 7) is 4.33. The molecule has 1 aromatic heterocycles. The van der Waals surface area contributed by atoms with Gasteiger partial charge >= 0.3 is 0 Å². The van der Waals surface area contributed by atoms with Gasteiger partial charge in [-0.25, -0.2) is 0 Å². The molecule has 0 spiro atoms. The van der Waals surface area contributed by atoms with Crippen molar-refractivity contribution < 1.29 is 9.32 Å². The highest BCUT2D eigenvalue weighted by Crippen LogP contribution is 2.23. The summed E-state index contributed by atoms with van der Waals surface area (Å²) >= 11 is 5.92. The molecule has 21 heavy (non-hydrogen) atoms. The van der Waals surface area contributed by atoms with Gasteiger partial charge in [0, 0.05) is 11.1 Å². The first kappa shape index (κ1) is 15.6. The molecular weight excluding hydrogens is 288 g/mol. The molecule has 112 valence electrons. The van der Waals surface area contributed by atoms with Crippen molar-refractivity contribution in [3.63, 3.8) is 0 Å². The van der Waals surface area contributed by atoms with E-state index >= 15 is 0 Å². The summed E-state index contributed by atoms with van der Waals surface area (Å²) in [5, 5.41) is 7.35. The first-order valence-corrected chi connectivity index (χ1v) is 7.40. The van der Waals surface area contributed by atoms with Gasteiger partial charge < -0.3 is 9.84 Å². The van der Waals surface area contributed by atoms with Crippen molar-refractivity contribution in [2.24, 2.45) is 5.92 Å². The quantitative estimate of drug-likeness (QED) is 0.868. The van der Waals surface area contributed by atoms with Gasteiger partial charge in [-0.3, -0.25) is 4.79 Å². The topological polar surface area (TPSA) is 55.1 Å². The highest BCUT2D eigenvalue weighted by Gasteiger charge is 2.17. The van der Waals surface area contributed by atoms with Crippen molar-refractivity contribution in [3.05, 3.63) is 52.9 Å². The number of hydrogen-bond acceptors (Lipinski definition) is 3.